The number of piperidine rings is 1. The molecule has 2 rings (SSSR count). The van der Waals surface area contributed by atoms with Crippen LogP contribution in [0.3, 0.4) is 0 Å². The standard InChI is InChI=1S/C15H22N2O.ClH/c1-10-6-11(2)8-13(7-10)15(18)17-14-4-5-16-12(3)9-14;/h6-8,12,14,16H,4-5,9H2,1-3H3,(H,17,18);1H. The van der Waals surface area contributed by atoms with Crippen molar-refractivity contribution < 1.29 is 4.79 Å². The molecular weight excluding hydrogens is 260 g/mol. The van der Waals surface area contributed by atoms with Crippen LogP contribution in [-0.2, 0) is 0 Å². The summed E-state index contributed by atoms with van der Waals surface area (Å²) in [5, 5.41) is 6.53. The number of hydrogen-bond donors (Lipinski definition) is 2. The fourth-order valence-corrected chi connectivity index (χ4v) is 2.64. The number of benzene rings is 1. The number of hydrogen-bond acceptors (Lipinski definition) is 2. The molecule has 1 fully saturated rings. The third kappa shape index (κ3) is 4.51. The second-order valence-electron chi connectivity index (χ2n) is 5.43. The molecule has 2 atom stereocenters. The molecule has 19 heavy (non-hydrogen) atoms. The molecular formula is C15H23ClN2O. The first-order valence-corrected chi connectivity index (χ1v) is 6.67. The minimum Gasteiger partial charge on any atom is -0.349 e. The van der Waals surface area contributed by atoms with Gasteiger partial charge in [0, 0.05) is 17.6 Å². The predicted molar refractivity (Wildman–Crippen MR) is 81.1 cm³/mol. The molecule has 1 heterocycles. The maximum Gasteiger partial charge on any atom is 0.251 e. The number of carbonyl (C=O) groups excluding carboxylic acids is 1. The van der Waals surface area contributed by atoms with Crippen LogP contribution < -0.4 is 10.6 Å². The van der Waals surface area contributed by atoms with Crippen LogP contribution in [-0.4, -0.2) is 24.5 Å². The first kappa shape index (κ1) is 16.0. The van der Waals surface area contributed by atoms with E-state index >= 15 is 0 Å². The fourth-order valence-electron chi connectivity index (χ4n) is 2.64. The number of rotatable bonds is 2. The van der Waals surface area contributed by atoms with Crippen molar-refractivity contribution in [3.8, 4) is 0 Å². The second-order valence-corrected chi connectivity index (χ2v) is 5.43. The summed E-state index contributed by atoms with van der Waals surface area (Å²) >= 11 is 0. The van der Waals surface area contributed by atoms with Crippen LogP contribution >= 0.6 is 12.4 Å². The van der Waals surface area contributed by atoms with E-state index in [1.54, 1.807) is 0 Å². The Hall–Kier alpha value is -1.06. The third-order valence-electron chi connectivity index (χ3n) is 3.44. The molecule has 0 aliphatic carbocycles. The minimum absolute atomic E-state index is 0. The summed E-state index contributed by atoms with van der Waals surface area (Å²) < 4.78 is 0. The van der Waals surface area contributed by atoms with Gasteiger partial charge in [-0.3, -0.25) is 4.79 Å². The van der Waals surface area contributed by atoms with Crippen molar-refractivity contribution >= 4 is 18.3 Å². The maximum absolute atomic E-state index is 12.2. The van der Waals surface area contributed by atoms with Crippen LogP contribution in [0.5, 0.6) is 0 Å². The summed E-state index contributed by atoms with van der Waals surface area (Å²) in [6.45, 7) is 7.20. The summed E-state index contributed by atoms with van der Waals surface area (Å²) in [6.07, 6.45) is 2.03. The first-order chi connectivity index (χ1) is 8.54. The number of nitrogens with one attached hydrogen (secondary N) is 2. The van der Waals surface area contributed by atoms with Gasteiger partial charge in [-0.1, -0.05) is 17.2 Å². The molecule has 1 saturated heterocycles. The van der Waals surface area contributed by atoms with Gasteiger partial charge in [-0.25, -0.2) is 0 Å². The molecule has 0 bridgehead atoms. The van der Waals surface area contributed by atoms with Crippen molar-refractivity contribution in [3.63, 3.8) is 0 Å². The Morgan fingerprint density at radius 1 is 1.26 bits per heavy atom. The summed E-state index contributed by atoms with van der Waals surface area (Å²) in [7, 11) is 0. The van der Waals surface area contributed by atoms with Crippen LogP contribution in [0, 0.1) is 13.8 Å². The van der Waals surface area contributed by atoms with Crippen molar-refractivity contribution in [2.75, 3.05) is 6.54 Å². The van der Waals surface area contributed by atoms with Crippen molar-refractivity contribution in [1.29, 1.82) is 0 Å². The number of halogens is 1. The SMILES string of the molecule is Cc1cc(C)cc(C(=O)NC2CCNC(C)C2)c1.Cl. The van der Waals surface area contributed by atoms with E-state index in [0.29, 0.717) is 12.1 Å². The summed E-state index contributed by atoms with van der Waals surface area (Å²) in [5.41, 5.74) is 3.05. The Morgan fingerprint density at radius 2 is 1.89 bits per heavy atom. The van der Waals surface area contributed by atoms with Crippen LogP contribution in [0.1, 0.15) is 41.3 Å². The summed E-state index contributed by atoms with van der Waals surface area (Å²) in [5.74, 6) is 0.0564. The maximum atomic E-state index is 12.2. The summed E-state index contributed by atoms with van der Waals surface area (Å²) in [6, 6.07) is 6.78. The highest BCUT2D eigenvalue weighted by Crippen LogP contribution is 2.12. The molecule has 106 valence electrons. The van der Waals surface area contributed by atoms with Crippen LogP contribution in [0.2, 0.25) is 0 Å². The van der Waals surface area contributed by atoms with Gasteiger partial charge < -0.3 is 10.6 Å². The van der Waals surface area contributed by atoms with Gasteiger partial charge in [0.15, 0.2) is 0 Å². The molecule has 1 aliphatic rings. The van der Waals surface area contributed by atoms with Gasteiger partial charge >= 0.3 is 0 Å². The van der Waals surface area contributed by atoms with Gasteiger partial charge in [0.1, 0.15) is 0 Å². The van der Waals surface area contributed by atoms with Crippen molar-refractivity contribution in [1.82, 2.24) is 10.6 Å². The molecule has 1 aromatic rings. The van der Waals surface area contributed by atoms with Crippen LogP contribution in [0.15, 0.2) is 18.2 Å². The lowest BCUT2D eigenvalue weighted by Crippen LogP contribution is -2.46. The molecule has 0 spiro atoms. The lowest BCUT2D eigenvalue weighted by molar-refractivity contribution is 0.0925. The Morgan fingerprint density at radius 3 is 2.47 bits per heavy atom. The van der Waals surface area contributed by atoms with E-state index in [0.717, 1.165) is 36.1 Å². The van der Waals surface area contributed by atoms with Crippen molar-refractivity contribution in [3.05, 3.63) is 34.9 Å². The van der Waals surface area contributed by atoms with E-state index in [9.17, 15) is 4.79 Å². The Kier molecular flexibility index (Phi) is 5.83. The lowest BCUT2D eigenvalue weighted by Gasteiger charge is -2.28. The van der Waals surface area contributed by atoms with E-state index in [1.165, 1.54) is 0 Å². The number of amides is 1. The highest BCUT2D eigenvalue weighted by Gasteiger charge is 2.20. The topological polar surface area (TPSA) is 41.1 Å². The number of carbonyl (C=O) groups is 1. The molecule has 1 amide bonds. The zero-order valence-electron chi connectivity index (χ0n) is 11.8. The quantitative estimate of drug-likeness (QED) is 0.875. The van der Waals surface area contributed by atoms with Gasteiger partial charge in [0.05, 0.1) is 0 Å². The highest BCUT2D eigenvalue weighted by atomic mass is 35.5. The molecule has 1 aromatic carbocycles. The van der Waals surface area contributed by atoms with Gasteiger partial charge in [0.25, 0.3) is 5.91 Å². The van der Waals surface area contributed by atoms with Gasteiger partial charge in [0.2, 0.25) is 0 Å². The Labute approximate surface area is 121 Å². The largest absolute Gasteiger partial charge is 0.349 e. The molecule has 0 saturated carbocycles. The molecule has 2 unspecified atom stereocenters. The van der Waals surface area contributed by atoms with E-state index in [1.807, 2.05) is 26.0 Å². The van der Waals surface area contributed by atoms with E-state index in [4.69, 9.17) is 0 Å². The van der Waals surface area contributed by atoms with Crippen molar-refractivity contribution in [2.24, 2.45) is 0 Å². The van der Waals surface area contributed by atoms with E-state index in [2.05, 4.69) is 23.6 Å². The zero-order chi connectivity index (χ0) is 13.1. The highest BCUT2D eigenvalue weighted by molar-refractivity contribution is 5.94. The second kappa shape index (κ2) is 6.92. The molecule has 4 heteroatoms. The summed E-state index contributed by atoms with van der Waals surface area (Å²) in [4.78, 5) is 12.2. The average molecular weight is 283 g/mol. The van der Waals surface area contributed by atoms with Crippen LogP contribution in [0.25, 0.3) is 0 Å². The Bertz CT molecular complexity index is 428. The minimum atomic E-state index is 0. The van der Waals surface area contributed by atoms with Gasteiger partial charge in [-0.15, -0.1) is 12.4 Å². The van der Waals surface area contributed by atoms with E-state index < -0.39 is 0 Å². The monoisotopic (exact) mass is 282 g/mol. The smallest absolute Gasteiger partial charge is 0.251 e. The third-order valence-corrected chi connectivity index (χ3v) is 3.44. The Balaban J connectivity index is 0.00000180. The molecule has 1 aliphatic heterocycles. The molecule has 3 nitrogen and oxygen atoms in total. The van der Waals surface area contributed by atoms with Crippen LogP contribution in [0.4, 0.5) is 0 Å². The van der Waals surface area contributed by atoms with Gasteiger partial charge in [-0.05, 0) is 52.3 Å². The predicted octanol–water partition coefficient (Wildman–Crippen LogP) is 2.60. The first-order valence-electron chi connectivity index (χ1n) is 6.67. The molecule has 0 radical (unpaired) electrons. The average Bonchev–Trinajstić information content (AvgIpc) is 2.27. The normalized spacial score (nSPS) is 22.5. The van der Waals surface area contributed by atoms with E-state index in [-0.39, 0.29) is 18.3 Å². The lowest BCUT2D eigenvalue weighted by atomic mass is 10.00. The molecule has 0 aromatic heterocycles. The molecule has 2 N–H and O–H groups in total. The zero-order valence-corrected chi connectivity index (χ0v) is 12.6. The number of aryl methyl sites for hydroxylation is 2. The van der Waals surface area contributed by atoms with Crippen molar-refractivity contribution in [2.45, 2.75) is 45.7 Å². The fraction of sp³-hybridized carbons (Fsp3) is 0.533. The van der Waals surface area contributed by atoms with Gasteiger partial charge in [-0.2, -0.15) is 0 Å².